The van der Waals surface area contributed by atoms with Crippen LogP contribution >= 0.6 is 0 Å². The molecular weight excluding hydrogens is 362 g/mol. The second-order valence-electron chi connectivity index (χ2n) is 6.37. The highest BCUT2D eigenvalue weighted by atomic mass is 16.5. The van der Waals surface area contributed by atoms with Crippen LogP contribution in [0.2, 0.25) is 0 Å². The van der Waals surface area contributed by atoms with Gasteiger partial charge in [-0.15, -0.1) is 0 Å². The minimum Gasteiger partial charge on any atom is -0.482 e. The van der Waals surface area contributed by atoms with Crippen LogP contribution in [0.3, 0.4) is 0 Å². The van der Waals surface area contributed by atoms with Gasteiger partial charge in [0.15, 0.2) is 19.0 Å². The van der Waals surface area contributed by atoms with E-state index >= 15 is 0 Å². The SMILES string of the molecule is Cc1nc2ccccc2n1CC(=O)OCC(=O)c1ccc2c(c1)NC(=O)CO2. The average Bonchev–Trinajstić information content (AvgIpc) is 3.00. The van der Waals surface area contributed by atoms with E-state index in [1.807, 2.05) is 31.2 Å². The van der Waals surface area contributed by atoms with Crippen molar-refractivity contribution in [3.63, 3.8) is 0 Å². The number of aromatic nitrogens is 2. The number of hydrogen-bond acceptors (Lipinski definition) is 6. The van der Waals surface area contributed by atoms with E-state index in [0.29, 0.717) is 22.8 Å². The van der Waals surface area contributed by atoms with Gasteiger partial charge < -0.3 is 19.4 Å². The summed E-state index contributed by atoms with van der Waals surface area (Å²) in [5.41, 5.74) is 2.37. The number of ether oxygens (including phenoxy) is 2. The molecule has 1 aliphatic heterocycles. The Labute approximate surface area is 160 Å². The van der Waals surface area contributed by atoms with Gasteiger partial charge in [-0.05, 0) is 37.3 Å². The molecule has 2 heterocycles. The zero-order chi connectivity index (χ0) is 19.7. The van der Waals surface area contributed by atoms with Gasteiger partial charge in [0.05, 0.1) is 16.7 Å². The standard InChI is InChI=1S/C20H17N3O5/c1-12-21-14-4-2-3-5-16(14)23(12)9-20(26)28-10-17(24)13-6-7-18-15(8-13)22-19(25)11-27-18/h2-8H,9-11H2,1H3,(H,22,25). The van der Waals surface area contributed by atoms with Crippen LogP contribution in [0.5, 0.6) is 5.75 Å². The topological polar surface area (TPSA) is 99.5 Å². The lowest BCUT2D eigenvalue weighted by Gasteiger charge is -2.18. The molecule has 1 aliphatic rings. The minimum absolute atomic E-state index is 0.0340. The number of ketones is 1. The Morgan fingerprint density at radius 1 is 1.25 bits per heavy atom. The van der Waals surface area contributed by atoms with Crippen LogP contribution in [0.4, 0.5) is 5.69 Å². The van der Waals surface area contributed by atoms with Gasteiger partial charge in [-0.3, -0.25) is 14.4 Å². The number of benzene rings is 2. The predicted octanol–water partition coefficient (Wildman–Crippen LogP) is 2.10. The summed E-state index contributed by atoms with van der Waals surface area (Å²) in [5.74, 6) is -0.00523. The first-order chi connectivity index (χ1) is 13.5. The summed E-state index contributed by atoms with van der Waals surface area (Å²) in [6, 6.07) is 12.2. The molecule has 8 nitrogen and oxygen atoms in total. The van der Waals surface area contributed by atoms with Gasteiger partial charge in [0.25, 0.3) is 5.91 Å². The van der Waals surface area contributed by atoms with Crippen molar-refractivity contribution in [2.45, 2.75) is 13.5 Å². The van der Waals surface area contributed by atoms with E-state index in [4.69, 9.17) is 9.47 Å². The monoisotopic (exact) mass is 379 g/mol. The van der Waals surface area contributed by atoms with E-state index in [9.17, 15) is 14.4 Å². The fourth-order valence-corrected chi connectivity index (χ4v) is 3.06. The number of rotatable bonds is 5. The number of carbonyl (C=O) groups is 3. The first-order valence-electron chi connectivity index (χ1n) is 8.68. The van der Waals surface area contributed by atoms with E-state index < -0.39 is 12.6 Å². The molecule has 0 fully saturated rings. The maximum atomic E-state index is 12.3. The maximum absolute atomic E-state index is 12.3. The largest absolute Gasteiger partial charge is 0.482 e. The number of esters is 1. The van der Waals surface area contributed by atoms with E-state index in [2.05, 4.69) is 10.3 Å². The average molecular weight is 379 g/mol. The number of amides is 1. The van der Waals surface area contributed by atoms with Gasteiger partial charge in [-0.25, -0.2) is 4.98 Å². The summed E-state index contributed by atoms with van der Waals surface area (Å²) in [5, 5.41) is 2.64. The van der Waals surface area contributed by atoms with Crippen molar-refractivity contribution >= 4 is 34.4 Å². The number of Topliss-reactive ketones (excluding diaryl/α,β-unsaturated/α-hetero) is 1. The molecule has 2 aromatic carbocycles. The second kappa shape index (κ2) is 7.15. The second-order valence-corrected chi connectivity index (χ2v) is 6.37. The van der Waals surface area contributed by atoms with Crippen molar-refractivity contribution in [1.82, 2.24) is 9.55 Å². The number of aryl methyl sites for hydroxylation is 1. The Morgan fingerprint density at radius 2 is 2.07 bits per heavy atom. The first-order valence-corrected chi connectivity index (χ1v) is 8.68. The molecule has 0 radical (unpaired) electrons. The van der Waals surface area contributed by atoms with Crippen molar-refractivity contribution in [1.29, 1.82) is 0 Å². The Hall–Kier alpha value is -3.68. The Bertz CT molecular complexity index is 1100. The minimum atomic E-state index is -0.533. The summed E-state index contributed by atoms with van der Waals surface area (Å²) in [7, 11) is 0. The quantitative estimate of drug-likeness (QED) is 0.538. The van der Waals surface area contributed by atoms with E-state index in [1.54, 1.807) is 16.7 Å². The van der Waals surface area contributed by atoms with E-state index in [-0.39, 0.29) is 24.8 Å². The molecule has 3 aromatic rings. The highest BCUT2D eigenvalue weighted by Crippen LogP contribution is 2.28. The van der Waals surface area contributed by atoms with Gasteiger partial charge in [0.2, 0.25) is 0 Å². The third-order valence-corrected chi connectivity index (χ3v) is 4.43. The highest BCUT2D eigenvalue weighted by Gasteiger charge is 2.19. The molecule has 0 spiro atoms. The lowest BCUT2D eigenvalue weighted by atomic mass is 10.1. The Morgan fingerprint density at radius 3 is 2.93 bits per heavy atom. The zero-order valence-corrected chi connectivity index (χ0v) is 15.1. The molecule has 142 valence electrons. The molecule has 0 bridgehead atoms. The predicted molar refractivity (Wildman–Crippen MR) is 100 cm³/mol. The van der Waals surface area contributed by atoms with Gasteiger partial charge in [-0.2, -0.15) is 0 Å². The van der Waals surface area contributed by atoms with Crippen LogP contribution in [-0.2, 0) is 20.9 Å². The highest BCUT2D eigenvalue weighted by molar-refractivity contribution is 6.01. The summed E-state index contributed by atoms with van der Waals surface area (Å²) in [4.78, 5) is 40.4. The van der Waals surface area contributed by atoms with Gasteiger partial charge in [-0.1, -0.05) is 12.1 Å². The maximum Gasteiger partial charge on any atom is 0.326 e. The molecule has 4 rings (SSSR count). The van der Waals surface area contributed by atoms with Crippen LogP contribution in [0.25, 0.3) is 11.0 Å². The normalized spacial score (nSPS) is 12.8. The number of para-hydroxylation sites is 2. The lowest BCUT2D eigenvalue weighted by Crippen LogP contribution is -2.25. The van der Waals surface area contributed by atoms with Crippen LogP contribution < -0.4 is 10.1 Å². The van der Waals surface area contributed by atoms with Gasteiger partial charge in [0.1, 0.15) is 18.1 Å². The fourth-order valence-electron chi connectivity index (χ4n) is 3.06. The molecule has 1 amide bonds. The third-order valence-electron chi connectivity index (χ3n) is 4.43. The van der Waals surface area contributed by atoms with Crippen molar-refractivity contribution in [2.75, 3.05) is 18.5 Å². The molecule has 8 heteroatoms. The number of fused-ring (bicyclic) bond motifs is 2. The summed E-state index contributed by atoms with van der Waals surface area (Å²) >= 11 is 0. The smallest absolute Gasteiger partial charge is 0.326 e. The number of nitrogens with zero attached hydrogens (tertiary/aromatic N) is 2. The van der Waals surface area contributed by atoms with Gasteiger partial charge >= 0.3 is 5.97 Å². The molecule has 28 heavy (non-hydrogen) atoms. The number of nitrogens with one attached hydrogen (secondary N) is 1. The molecule has 0 unspecified atom stereocenters. The third kappa shape index (κ3) is 3.44. The van der Waals surface area contributed by atoms with E-state index in [1.165, 1.54) is 6.07 Å². The first kappa shape index (κ1) is 17.7. The van der Waals surface area contributed by atoms with Crippen LogP contribution in [0.1, 0.15) is 16.2 Å². The van der Waals surface area contributed by atoms with Crippen LogP contribution in [0.15, 0.2) is 42.5 Å². The van der Waals surface area contributed by atoms with Crippen LogP contribution in [0, 0.1) is 6.92 Å². The molecule has 1 aromatic heterocycles. The molecule has 0 aliphatic carbocycles. The van der Waals surface area contributed by atoms with Crippen molar-refractivity contribution in [3.8, 4) is 5.75 Å². The summed E-state index contributed by atoms with van der Waals surface area (Å²) < 4.78 is 12.1. The molecule has 0 saturated heterocycles. The number of imidazole rings is 1. The molecule has 1 N–H and O–H groups in total. The molecule has 0 atom stereocenters. The van der Waals surface area contributed by atoms with Crippen molar-refractivity contribution in [2.24, 2.45) is 0 Å². The van der Waals surface area contributed by atoms with Crippen molar-refractivity contribution in [3.05, 3.63) is 53.9 Å². The number of hydrogen-bond donors (Lipinski definition) is 1. The Kier molecular flexibility index (Phi) is 4.52. The number of anilines is 1. The van der Waals surface area contributed by atoms with E-state index in [0.717, 1.165) is 11.0 Å². The summed E-state index contributed by atoms with van der Waals surface area (Å²) in [6.45, 7) is 1.33. The zero-order valence-electron chi connectivity index (χ0n) is 15.1. The summed E-state index contributed by atoms with van der Waals surface area (Å²) in [6.07, 6.45) is 0. The molecular formula is C20H17N3O5. The number of carbonyl (C=O) groups excluding carboxylic acids is 3. The lowest BCUT2D eigenvalue weighted by molar-refractivity contribution is -0.143. The Balaban J connectivity index is 1.41. The molecule has 0 saturated carbocycles. The van der Waals surface area contributed by atoms with Crippen LogP contribution in [-0.4, -0.2) is 40.4 Å². The van der Waals surface area contributed by atoms with Gasteiger partial charge in [0, 0.05) is 5.56 Å². The van der Waals surface area contributed by atoms with Crippen molar-refractivity contribution < 1.29 is 23.9 Å². The fraction of sp³-hybridized carbons (Fsp3) is 0.200.